The summed E-state index contributed by atoms with van der Waals surface area (Å²) in [4.78, 5) is 26.7. The third-order valence-corrected chi connectivity index (χ3v) is 6.69. The van der Waals surface area contributed by atoms with Gasteiger partial charge in [-0.15, -0.1) is 11.3 Å². The summed E-state index contributed by atoms with van der Waals surface area (Å²) in [5, 5.41) is 4.23. The van der Waals surface area contributed by atoms with E-state index in [1.807, 2.05) is 0 Å². The summed E-state index contributed by atoms with van der Waals surface area (Å²) in [6.07, 6.45) is 5.35. The van der Waals surface area contributed by atoms with E-state index in [2.05, 4.69) is 5.32 Å². The van der Waals surface area contributed by atoms with Crippen molar-refractivity contribution in [2.24, 2.45) is 0 Å². The van der Waals surface area contributed by atoms with Crippen molar-refractivity contribution in [2.75, 3.05) is 11.9 Å². The number of thiophene rings is 1. The first-order valence-corrected chi connectivity index (χ1v) is 11.7. The molecule has 162 valence electrons. The Kier molecular flexibility index (Phi) is 8.03. The van der Waals surface area contributed by atoms with Crippen LogP contribution in [0.3, 0.4) is 0 Å². The van der Waals surface area contributed by atoms with Gasteiger partial charge in [-0.2, -0.15) is 0 Å². The molecule has 0 aliphatic heterocycles. The molecular weight excluding hydrogens is 445 g/mol. The summed E-state index contributed by atoms with van der Waals surface area (Å²) in [6.45, 7) is 3.69. The van der Waals surface area contributed by atoms with Crippen molar-refractivity contribution in [3.63, 3.8) is 0 Å². The highest BCUT2D eigenvalue weighted by molar-refractivity contribution is 7.17. The summed E-state index contributed by atoms with van der Waals surface area (Å²) >= 11 is 13.5. The minimum absolute atomic E-state index is 0.283. The maximum Gasteiger partial charge on any atom is 0.341 e. The van der Waals surface area contributed by atoms with Gasteiger partial charge in [0.2, 0.25) is 0 Å². The zero-order valence-corrected chi connectivity index (χ0v) is 19.4. The van der Waals surface area contributed by atoms with Gasteiger partial charge in [-0.05, 0) is 63.3 Å². The average Bonchev–Trinajstić information content (AvgIpc) is 3.00. The Morgan fingerprint density at radius 3 is 2.60 bits per heavy atom. The number of aryl methyl sites for hydroxylation is 1. The third-order valence-electron chi connectivity index (χ3n) is 4.95. The molecule has 0 spiro atoms. The molecule has 3 rings (SSSR count). The van der Waals surface area contributed by atoms with Crippen molar-refractivity contribution in [1.29, 1.82) is 0 Å². The van der Waals surface area contributed by atoms with Crippen LogP contribution < -0.4 is 10.1 Å². The van der Waals surface area contributed by atoms with Crippen molar-refractivity contribution in [2.45, 2.75) is 58.5 Å². The maximum absolute atomic E-state index is 12.8. The van der Waals surface area contributed by atoms with Gasteiger partial charge in [0.1, 0.15) is 10.8 Å². The number of esters is 1. The molecule has 8 heteroatoms. The molecule has 1 N–H and O–H groups in total. The summed E-state index contributed by atoms with van der Waals surface area (Å²) < 4.78 is 11.0. The molecule has 0 saturated heterocycles. The Bertz CT molecular complexity index is 928. The van der Waals surface area contributed by atoms with Crippen molar-refractivity contribution in [3.05, 3.63) is 44.2 Å². The highest BCUT2D eigenvalue weighted by atomic mass is 35.5. The molecule has 1 aromatic heterocycles. The molecule has 0 fully saturated rings. The van der Waals surface area contributed by atoms with Gasteiger partial charge >= 0.3 is 5.97 Å². The van der Waals surface area contributed by atoms with E-state index in [4.69, 9.17) is 32.7 Å². The van der Waals surface area contributed by atoms with Gasteiger partial charge in [-0.3, -0.25) is 4.79 Å². The number of fused-ring (bicyclic) bond motifs is 1. The van der Waals surface area contributed by atoms with Crippen molar-refractivity contribution < 1.29 is 19.1 Å². The second-order valence-corrected chi connectivity index (χ2v) is 9.12. The Morgan fingerprint density at radius 2 is 1.90 bits per heavy atom. The average molecular weight is 470 g/mol. The first kappa shape index (κ1) is 22.9. The molecule has 0 radical (unpaired) electrons. The first-order valence-electron chi connectivity index (χ1n) is 10.1. The van der Waals surface area contributed by atoms with Crippen LogP contribution in [0.4, 0.5) is 5.00 Å². The lowest BCUT2D eigenvalue weighted by Gasteiger charge is -2.16. The van der Waals surface area contributed by atoms with E-state index in [1.165, 1.54) is 17.8 Å². The zero-order valence-electron chi connectivity index (χ0n) is 17.1. The molecular formula is C22H25Cl2NO4S. The molecule has 5 nitrogen and oxygen atoms in total. The van der Waals surface area contributed by atoms with Crippen LogP contribution in [0.15, 0.2) is 18.2 Å². The SMILES string of the molecule is CCOC(=O)c1c(NC(=O)C(C)Oc2ccc(Cl)cc2Cl)sc2c1CCCCCC2. The quantitative estimate of drug-likeness (QED) is 0.504. The summed E-state index contributed by atoms with van der Waals surface area (Å²) in [5.74, 6) is -0.381. The minimum Gasteiger partial charge on any atom is -0.479 e. The Labute approximate surface area is 190 Å². The van der Waals surface area contributed by atoms with Crippen LogP contribution in [0.1, 0.15) is 60.3 Å². The number of hydrogen-bond donors (Lipinski definition) is 1. The van der Waals surface area contributed by atoms with Crippen LogP contribution in [0, 0.1) is 0 Å². The summed E-state index contributed by atoms with van der Waals surface area (Å²) in [6, 6.07) is 4.82. The second-order valence-electron chi connectivity index (χ2n) is 7.17. The molecule has 2 aromatic rings. The van der Waals surface area contributed by atoms with Gasteiger partial charge in [0, 0.05) is 9.90 Å². The van der Waals surface area contributed by atoms with Gasteiger partial charge in [-0.25, -0.2) is 4.79 Å². The van der Waals surface area contributed by atoms with Gasteiger partial charge in [0.15, 0.2) is 6.10 Å². The van der Waals surface area contributed by atoms with Gasteiger partial charge in [-0.1, -0.05) is 36.0 Å². The van der Waals surface area contributed by atoms with E-state index >= 15 is 0 Å². The minimum atomic E-state index is -0.816. The molecule has 30 heavy (non-hydrogen) atoms. The van der Waals surface area contributed by atoms with Crippen LogP contribution in [-0.2, 0) is 22.4 Å². The van der Waals surface area contributed by atoms with Crippen LogP contribution in [0.5, 0.6) is 5.75 Å². The third kappa shape index (κ3) is 5.48. The highest BCUT2D eigenvalue weighted by Gasteiger charge is 2.27. The number of rotatable bonds is 6. The lowest BCUT2D eigenvalue weighted by atomic mass is 9.96. The van der Waals surface area contributed by atoms with Crippen molar-refractivity contribution in [1.82, 2.24) is 0 Å². The van der Waals surface area contributed by atoms with Crippen LogP contribution in [0.25, 0.3) is 0 Å². The van der Waals surface area contributed by atoms with E-state index < -0.39 is 6.10 Å². The molecule has 0 bridgehead atoms. The Balaban J connectivity index is 1.82. The van der Waals surface area contributed by atoms with E-state index in [0.29, 0.717) is 26.4 Å². The fraction of sp³-hybridized carbons (Fsp3) is 0.455. The lowest BCUT2D eigenvalue weighted by molar-refractivity contribution is -0.122. The van der Waals surface area contributed by atoms with E-state index in [9.17, 15) is 9.59 Å². The lowest BCUT2D eigenvalue weighted by Crippen LogP contribution is -2.30. The summed E-state index contributed by atoms with van der Waals surface area (Å²) in [5.41, 5.74) is 1.51. The van der Waals surface area contributed by atoms with Crippen molar-refractivity contribution in [3.8, 4) is 5.75 Å². The number of carbonyl (C=O) groups excluding carboxylic acids is 2. The molecule has 1 aliphatic rings. The van der Waals surface area contributed by atoms with Gasteiger partial charge in [0.05, 0.1) is 17.2 Å². The largest absolute Gasteiger partial charge is 0.479 e. The molecule has 1 aliphatic carbocycles. The van der Waals surface area contributed by atoms with Crippen LogP contribution >= 0.6 is 34.5 Å². The normalized spacial score (nSPS) is 14.8. The molecule has 1 heterocycles. The van der Waals surface area contributed by atoms with Gasteiger partial charge < -0.3 is 14.8 Å². The number of benzene rings is 1. The van der Waals surface area contributed by atoms with E-state index in [0.717, 1.165) is 42.5 Å². The number of carbonyl (C=O) groups is 2. The van der Waals surface area contributed by atoms with Crippen molar-refractivity contribution >= 4 is 51.4 Å². The molecule has 1 unspecified atom stereocenters. The predicted molar refractivity (Wildman–Crippen MR) is 121 cm³/mol. The predicted octanol–water partition coefficient (Wildman–Crippen LogP) is 6.30. The molecule has 0 saturated carbocycles. The zero-order chi connectivity index (χ0) is 21.7. The number of halogens is 2. The number of amides is 1. The second kappa shape index (κ2) is 10.5. The fourth-order valence-corrected chi connectivity index (χ4v) is 5.19. The smallest absolute Gasteiger partial charge is 0.341 e. The Hall–Kier alpha value is -1.76. The van der Waals surface area contributed by atoms with Crippen LogP contribution in [-0.4, -0.2) is 24.6 Å². The highest BCUT2D eigenvalue weighted by Crippen LogP contribution is 2.38. The standard InChI is InChI=1S/C22H25Cl2NO4S/c1-3-28-22(27)19-15-8-6-4-5-7-9-18(15)30-21(19)25-20(26)13(2)29-17-11-10-14(23)12-16(17)24/h10-13H,3-9H2,1-2H3,(H,25,26). The Morgan fingerprint density at radius 1 is 1.17 bits per heavy atom. The first-order chi connectivity index (χ1) is 14.4. The number of nitrogens with one attached hydrogen (secondary N) is 1. The molecule has 1 amide bonds. The molecule has 1 atom stereocenters. The van der Waals surface area contributed by atoms with Crippen LogP contribution in [0.2, 0.25) is 10.0 Å². The van der Waals surface area contributed by atoms with Gasteiger partial charge in [0.25, 0.3) is 5.91 Å². The number of ether oxygens (including phenoxy) is 2. The number of hydrogen-bond acceptors (Lipinski definition) is 5. The maximum atomic E-state index is 12.8. The van der Waals surface area contributed by atoms with E-state index in [1.54, 1.807) is 32.0 Å². The fourth-order valence-electron chi connectivity index (χ4n) is 3.45. The number of anilines is 1. The van der Waals surface area contributed by atoms with E-state index in [-0.39, 0.29) is 18.5 Å². The molecule has 1 aromatic carbocycles. The topological polar surface area (TPSA) is 64.6 Å². The summed E-state index contributed by atoms with van der Waals surface area (Å²) in [7, 11) is 0. The monoisotopic (exact) mass is 469 g/mol.